The summed E-state index contributed by atoms with van der Waals surface area (Å²) in [6.07, 6.45) is 7.82. The summed E-state index contributed by atoms with van der Waals surface area (Å²) >= 11 is 0. The van der Waals surface area contributed by atoms with E-state index in [0.717, 1.165) is 25.2 Å². The lowest BCUT2D eigenvalue weighted by molar-refractivity contribution is -0.144. The molecule has 2 saturated carbocycles. The van der Waals surface area contributed by atoms with Crippen LogP contribution in [-0.4, -0.2) is 29.2 Å². The predicted molar refractivity (Wildman–Crippen MR) is 81.0 cm³/mol. The Balaban J connectivity index is 1.68. The van der Waals surface area contributed by atoms with E-state index in [9.17, 15) is 14.7 Å². The second kappa shape index (κ2) is 6.67. The molecule has 2 aliphatic carbocycles. The SMILES string of the molecule is CC1CCC(CCNC(=O)NC(C)(C(=O)O)C2CC2)CC1. The third-order valence-corrected chi connectivity index (χ3v) is 5.18. The Morgan fingerprint density at radius 1 is 1.14 bits per heavy atom. The Morgan fingerprint density at radius 2 is 1.76 bits per heavy atom. The predicted octanol–water partition coefficient (Wildman–Crippen LogP) is 2.76. The Kier molecular flexibility index (Phi) is 5.12. The maximum atomic E-state index is 11.9. The summed E-state index contributed by atoms with van der Waals surface area (Å²) < 4.78 is 0. The summed E-state index contributed by atoms with van der Waals surface area (Å²) in [5.41, 5.74) is -1.12. The van der Waals surface area contributed by atoms with E-state index >= 15 is 0 Å². The van der Waals surface area contributed by atoms with Crippen LogP contribution >= 0.6 is 0 Å². The molecule has 5 heteroatoms. The number of nitrogens with one attached hydrogen (secondary N) is 2. The molecule has 0 spiro atoms. The van der Waals surface area contributed by atoms with E-state index in [0.29, 0.717) is 12.5 Å². The minimum absolute atomic E-state index is 0.0700. The second-order valence-corrected chi connectivity index (χ2v) is 7.08. The van der Waals surface area contributed by atoms with Gasteiger partial charge in [-0.3, -0.25) is 0 Å². The lowest BCUT2D eigenvalue weighted by atomic mass is 9.81. The molecule has 0 aromatic rings. The van der Waals surface area contributed by atoms with Gasteiger partial charge in [0.15, 0.2) is 0 Å². The number of hydrogen-bond donors (Lipinski definition) is 3. The molecule has 0 bridgehead atoms. The van der Waals surface area contributed by atoms with Gasteiger partial charge in [0.2, 0.25) is 0 Å². The molecule has 0 aromatic carbocycles. The molecule has 5 nitrogen and oxygen atoms in total. The van der Waals surface area contributed by atoms with Crippen molar-refractivity contribution in [2.24, 2.45) is 17.8 Å². The molecule has 1 unspecified atom stereocenters. The van der Waals surface area contributed by atoms with E-state index in [4.69, 9.17) is 0 Å². The Hall–Kier alpha value is -1.26. The Labute approximate surface area is 126 Å². The average Bonchev–Trinajstić information content (AvgIpc) is 3.25. The van der Waals surface area contributed by atoms with E-state index in [1.165, 1.54) is 25.7 Å². The van der Waals surface area contributed by atoms with Crippen LogP contribution in [0.4, 0.5) is 4.79 Å². The molecular weight excluding hydrogens is 268 g/mol. The van der Waals surface area contributed by atoms with E-state index < -0.39 is 11.5 Å². The number of rotatable bonds is 6. The van der Waals surface area contributed by atoms with Gasteiger partial charge in [-0.1, -0.05) is 32.6 Å². The molecule has 0 aromatic heterocycles. The number of carboxylic acids is 1. The maximum absolute atomic E-state index is 11.9. The topological polar surface area (TPSA) is 78.4 Å². The van der Waals surface area contributed by atoms with Crippen molar-refractivity contribution in [1.82, 2.24) is 10.6 Å². The second-order valence-electron chi connectivity index (χ2n) is 7.08. The summed E-state index contributed by atoms with van der Waals surface area (Å²) in [4.78, 5) is 23.3. The number of carboxylic acid groups (broad SMARTS) is 1. The number of carbonyl (C=O) groups is 2. The van der Waals surface area contributed by atoms with Gasteiger partial charge >= 0.3 is 12.0 Å². The summed E-state index contributed by atoms with van der Waals surface area (Å²) in [5.74, 6) is 0.671. The maximum Gasteiger partial charge on any atom is 0.329 e. The van der Waals surface area contributed by atoms with Crippen LogP contribution in [0.15, 0.2) is 0 Å². The van der Waals surface area contributed by atoms with Crippen molar-refractivity contribution in [3.8, 4) is 0 Å². The fraction of sp³-hybridized carbons (Fsp3) is 0.875. The zero-order valence-electron chi connectivity index (χ0n) is 13.2. The molecular formula is C16H28N2O3. The molecule has 0 saturated heterocycles. The number of aliphatic carboxylic acids is 1. The highest BCUT2D eigenvalue weighted by Crippen LogP contribution is 2.39. The van der Waals surface area contributed by atoms with Crippen molar-refractivity contribution in [2.75, 3.05) is 6.54 Å². The summed E-state index contributed by atoms with van der Waals surface area (Å²) in [5, 5.41) is 14.8. The van der Waals surface area contributed by atoms with Crippen molar-refractivity contribution < 1.29 is 14.7 Å². The van der Waals surface area contributed by atoms with Gasteiger partial charge < -0.3 is 15.7 Å². The van der Waals surface area contributed by atoms with Crippen LogP contribution in [0.3, 0.4) is 0 Å². The van der Waals surface area contributed by atoms with Gasteiger partial charge in [0.05, 0.1) is 0 Å². The van der Waals surface area contributed by atoms with Crippen LogP contribution in [0.5, 0.6) is 0 Å². The van der Waals surface area contributed by atoms with E-state index in [-0.39, 0.29) is 11.9 Å². The van der Waals surface area contributed by atoms with Crippen LogP contribution in [0.2, 0.25) is 0 Å². The smallest absolute Gasteiger partial charge is 0.329 e. The molecule has 0 heterocycles. The van der Waals surface area contributed by atoms with Gasteiger partial charge in [0.25, 0.3) is 0 Å². The molecule has 3 N–H and O–H groups in total. The van der Waals surface area contributed by atoms with Crippen molar-refractivity contribution >= 4 is 12.0 Å². The van der Waals surface area contributed by atoms with Crippen LogP contribution < -0.4 is 10.6 Å². The molecule has 2 fully saturated rings. The van der Waals surface area contributed by atoms with Crippen LogP contribution in [-0.2, 0) is 4.79 Å². The highest BCUT2D eigenvalue weighted by atomic mass is 16.4. The highest BCUT2D eigenvalue weighted by molar-refractivity contribution is 5.86. The minimum atomic E-state index is -1.12. The van der Waals surface area contributed by atoms with Gasteiger partial charge in [0.1, 0.15) is 5.54 Å². The number of urea groups is 1. The van der Waals surface area contributed by atoms with Crippen molar-refractivity contribution in [3.05, 3.63) is 0 Å². The van der Waals surface area contributed by atoms with E-state index in [1.54, 1.807) is 6.92 Å². The van der Waals surface area contributed by atoms with Crippen LogP contribution in [0.25, 0.3) is 0 Å². The van der Waals surface area contributed by atoms with E-state index in [2.05, 4.69) is 17.6 Å². The van der Waals surface area contributed by atoms with Crippen LogP contribution in [0, 0.1) is 17.8 Å². The Morgan fingerprint density at radius 3 is 2.29 bits per heavy atom. The zero-order valence-corrected chi connectivity index (χ0v) is 13.2. The minimum Gasteiger partial charge on any atom is -0.480 e. The van der Waals surface area contributed by atoms with Gasteiger partial charge in [-0.15, -0.1) is 0 Å². The summed E-state index contributed by atoms with van der Waals surface area (Å²) in [6.45, 7) is 4.53. The number of carbonyl (C=O) groups excluding carboxylic acids is 1. The highest BCUT2D eigenvalue weighted by Gasteiger charge is 2.48. The van der Waals surface area contributed by atoms with Gasteiger partial charge in [-0.05, 0) is 43.9 Å². The van der Waals surface area contributed by atoms with Gasteiger partial charge in [-0.2, -0.15) is 0 Å². The third-order valence-electron chi connectivity index (χ3n) is 5.18. The standard InChI is InChI=1S/C16H28N2O3/c1-11-3-5-12(6-4-11)9-10-17-15(21)18-16(2,14(19)20)13-7-8-13/h11-13H,3-10H2,1-2H3,(H,19,20)(H2,17,18,21). The lowest BCUT2D eigenvalue weighted by Gasteiger charge is -2.27. The van der Waals surface area contributed by atoms with Crippen molar-refractivity contribution in [1.29, 1.82) is 0 Å². The van der Waals surface area contributed by atoms with Gasteiger partial charge in [0, 0.05) is 6.54 Å². The zero-order chi connectivity index (χ0) is 15.5. The van der Waals surface area contributed by atoms with E-state index in [1.807, 2.05) is 0 Å². The molecule has 2 rings (SSSR count). The lowest BCUT2D eigenvalue weighted by Crippen LogP contribution is -2.56. The molecule has 21 heavy (non-hydrogen) atoms. The molecule has 0 aliphatic heterocycles. The normalized spacial score (nSPS) is 28.5. The molecule has 2 aliphatic rings. The summed E-state index contributed by atoms with van der Waals surface area (Å²) in [6, 6.07) is -0.351. The fourth-order valence-electron chi connectivity index (χ4n) is 3.28. The average molecular weight is 296 g/mol. The van der Waals surface area contributed by atoms with Gasteiger partial charge in [-0.25, -0.2) is 9.59 Å². The Bertz CT molecular complexity index is 387. The number of amides is 2. The fourth-order valence-corrected chi connectivity index (χ4v) is 3.28. The third kappa shape index (κ3) is 4.35. The molecule has 120 valence electrons. The van der Waals surface area contributed by atoms with Crippen LogP contribution in [0.1, 0.15) is 58.8 Å². The number of hydrogen-bond acceptors (Lipinski definition) is 2. The first kappa shape index (κ1) is 16.1. The molecule has 2 amide bonds. The molecule has 0 radical (unpaired) electrons. The quantitative estimate of drug-likeness (QED) is 0.705. The van der Waals surface area contributed by atoms with Crippen molar-refractivity contribution in [3.63, 3.8) is 0 Å². The monoisotopic (exact) mass is 296 g/mol. The summed E-state index contributed by atoms with van der Waals surface area (Å²) in [7, 11) is 0. The first-order chi connectivity index (χ1) is 9.91. The largest absolute Gasteiger partial charge is 0.480 e. The molecule has 1 atom stereocenters. The first-order valence-electron chi connectivity index (χ1n) is 8.21. The van der Waals surface area contributed by atoms with Crippen molar-refractivity contribution in [2.45, 2.75) is 64.3 Å². The first-order valence-corrected chi connectivity index (χ1v) is 8.21.